The number of nitrogens with two attached hydrogens (primary N) is 1. The Hall–Kier alpha value is -1.07. The second kappa shape index (κ2) is 5.86. The van der Waals surface area contributed by atoms with Gasteiger partial charge in [0.1, 0.15) is 0 Å². The van der Waals surface area contributed by atoms with Gasteiger partial charge in [-0.25, -0.2) is 8.78 Å². The molecule has 0 atom stereocenters. The summed E-state index contributed by atoms with van der Waals surface area (Å²) in [6.45, 7) is 3.29. The highest BCUT2D eigenvalue weighted by atomic mass is 32.1. The average molecular weight is 244 g/mol. The second-order valence-corrected chi connectivity index (χ2v) is 4.01. The Kier molecular flexibility index (Phi) is 4.76. The number of hydrogen-bond donors (Lipinski definition) is 1. The Morgan fingerprint density at radius 3 is 2.69 bits per heavy atom. The van der Waals surface area contributed by atoms with E-state index in [-0.39, 0.29) is 0 Å². The van der Waals surface area contributed by atoms with Crippen molar-refractivity contribution in [1.82, 2.24) is 4.90 Å². The van der Waals surface area contributed by atoms with Crippen molar-refractivity contribution in [1.29, 1.82) is 0 Å². The molecule has 0 amide bonds. The number of benzene rings is 1. The van der Waals surface area contributed by atoms with Crippen molar-refractivity contribution < 1.29 is 8.78 Å². The van der Waals surface area contributed by atoms with Crippen molar-refractivity contribution in [2.24, 2.45) is 5.73 Å². The van der Waals surface area contributed by atoms with Crippen molar-refractivity contribution in [2.75, 3.05) is 13.1 Å². The summed E-state index contributed by atoms with van der Waals surface area (Å²) in [6.07, 6.45) is 0. The molecular weight excluding hydrogens is 230 g/mol. The molecule has 88 valence electrons. The standard InChI is InChI=1S/C11H14F2N2S/c1-2-15(7-10(14)16)6-8-4-3-5-9(12)11(8)13/h3-5H,2,6-7H2,1H3,(H2,14,16). The van der Waals surface area contributed by atoms with Crippen LogP contribution in [0.2, 0.25) is 0 Å². The molecular formula is C11H14F2N2S. The summed E-state index contributed by atoms with van der Waals surface area (Å²) in [5.41, 5.74) is 5.73. The Balaban J connectivity index is 2.77. The van der Waals surface area contributed by atoms with Crippen LogP contribution in [0.15, 0.2) is 18.2 Å². The fourth-order valence-corrected chi connectivity index (χ4v) is 1.59. The number of halogens is 2. The van der Waals surface area contributed by atoms with Gasteiger partial charge in [0.05, 0.1) is 4.99 Å². The van der Waals surface area contributed by atoms with E-state index in [1.807, 2.05) is 11.8 Å². The first-order chi connectivity index (χ1) is 7.54. The van der Waals surface area contributed by atoms with Gasteiger partial charge >= 0.3 is 0 Å². The topological polar surface area (TPSA) is 29.3 Å². The van der Waals surface area contributed by atoms with Gasteiger partial charge in [-0.3, -0.25) is 4.90 Å². The maximum Gasteiger partial charge on any atom is 0.163 e. The van der Waals surface area contributed by atoms with Crippen LogP contribution in [-0.2, 0) is 6.54 Å². The Labute approximate surface area is 99.0 Å². The van der Waals surface area contributed by atoms with Crippen LogP contribution in [0, 0.1) is 11.6 Å². The van der Waals surface area contributed by atoms with Crippen molar-refractivity contribution >= 4 is 17.2 Å². The molecule has 0 aromatic heterocycles. The van der Waals surface area contributed by atoms with Crippen LogP contribution in [0.25, 0.3) is 0 Å². The van der Waals surface area contributed by atoms with Crippen molar-refractivity contribution in [3.63, 3.8) is 0 Å². The molecule has 0 aliphatic heterocycles. The summed E-state index contributed by atoms with van der Waals surface area (Å²) in [6, 6.07) is 4.14. The van der Waals surface area contributed by atoms with E-state index in [9.17, 15) is 8.78 Å². The highest BCUT2D eigenvalue weighted by Crippen LogP contribution is 2.13. The van der Waals surface area contributed by atoms with E-state index in [1.165, 1.54) is 6.07 Å². The van der Waals surface area contributed by atoms with Gasteiger partial charge in [-0.1, -0.05) is 31.3 Å². The molecule has 2 N–H and O–H groups in total. The van der Waals surface area contributed by atoms with Gasteiger partial charge in [-0.05, 0) is 12.6 Å². The summed E-state index contributed by atoms with van der Waals surface area (Å²) in [5.74, 6) is -1.63. The number of nitrogens with zero attached hydrogens (tertiary/aromatic N) is 1. The molecule has 1 aromatic rings. The quantitative estimate of drug-likeness (QED) is 0.804. The minimum atomic E-state index is -0.830. The van der Waals surface area contributed by atoms with Crippen molar-refractivity contribution in [3.05, 3.63) is 35.4 Å². The van der Waals surface area contributed by atoms with Crippen molar-refractivity contribution in [2.45, 2.75) is 13.5 Å². The molecule has 0 radical (unpaired) electrons. The van der Waals surface area contributed by atoms with Gasteiger partial charge in [0.15, 0.2) is 11.6 Å². The van der Waals surface area contributed by atoms with Crippen LogP contribution < -0.4 is 5.73 Å². The first-order valence-electron chi connectivity index (χ1n) is 4.98. The van der Waals surface area contributed by atoms with E-state index >= 15 is 0 Å². The second-order valence-electron chi connectivity index (χ2n) is 3.48. The van der Waals surface area contributed by atoms with E-state index in [0.717, 1.165) is 6.07 Å². The number of hydrogen-bond acceptors (Lipinski definition) is 2. The molecule has 1 aromatic carbocycles. The van der Waals surface area contributed by atoms with Gasteiger partial charge in [-0.2, -0.15) is 0 Å². The Morgan fingerprint density at radius 2 is 2.12 bits per heavy atom. The molecule has 0 heterocycles. The molecule has 0 unspecified atom stereocenters. The fraction of sp³-hybridized carbons (Fsp3) is 0.364. The van der Waals surface area contributed by atoms with Gasteiger partial charge in [-0.15, -0.1) is 0 Å². The van der Waals surface area contributed by atoms with E-state index < -0.39 is 11.6 Å². The highest BCUT2D eigenvalue weighted by molar-refractivity contribution is 7.80. The lowest BCUT2D eigenvalue weighted by Gasteiger charge is -2.19. The van der Waals surface area contributed by atoms with E-state index in [2.05, 4.69) is 0 Å². The molecule has 1 rings (SSSR count). The molecule has 0 aliphatic rings. The highest BCUT2D eigenvalue weighted by Gasteiger charge is 2.11. The summed E-state index contributed by atoms with van der Waals surface area (Å²) in [5, 5.41) is 0. The SMILES string of the molecule is CCN(CC(N)=S)Cc1cccc(F)c1F. The van der Waals surface area contributed by atoms with Crippen LogP contribution in [0.4, 0.5) is 8.78 Å². The predicted molar refractivity (Wildman–Crippen MR) is 64.1 cm³/mol. The monoisotopic (exact) mass is 244 g/mol. The molecule has 2 nitrogen and oxygen atoms in total. The number of thiocarbonyl (C=S) groups is 1. The molecule has 0 bridgehead atoms. The van der Waals surface area contributed by atoms with Gasteiger partial charge in [0, 0.05) is 18.7 Å². The van der Waals surface area contributed by atoms with Crippen LogP contribution in [-0.4, -0.2) is 23.0 Å². The van der Waals surface area contributed by atoms with Crippen LogP contribution >= 0.6 is 12.2 Å². The largest absolute Gasteiger partial charge is 0.392 e. The zero-order valence-corrected chi connectivity index (χ0v) is 9.86. The third-order valence-corrected chi connectivity index (χ3v) is 2.38. The predicted octanol–water partition coefficient (Wildman–Crippen LogP) is 2.07. The summed E-state index contributed by atoms with van der Waals surface area (Å²) >= 11 is 4.78. The zero-order chi connectivity index (χ0) is 12.1. The van der Waals surface area contributed by atoms with Gasteiger partial charge in [0.25, 0.3) is 0 Å². The van der Waals surface area contributed by atoms with E-state index in [0.29, 0.717) is 30.2 Å². The van der Waals surface area contributed by atoms with Crippen LogP contribution in [0.3, 0.4) is 0 Å². The number of likely N-dealkylation sites (N-methyl/N-ethyl adjacent to an activating group) is 1. The molecule has 0 fully saturated rings. The number of rotatable bonds is 5. The minimum Gasteiger partial charge on any atom is -0.392 e. The summed E-state index contributed by atoms with van der Waals surface area (Å²) in [4.78, 5) is 2.19. The Bertz CT molecular complexity index is 382. The van der Waals surface area contributed by atoms with E-state index in [4.69, 9.17) is 18.0 Å². The molecule has 16 heavy (non-hydrogen) atoms. The fourth-order valence-electron chi connectivity index (χ4n) is 1.41. The minimum absolute atomic E-state index is 0.303. The van der Waals surface area contributed by atoms with Crippen LogP contribution in [0.5, 0.6) is 0 Å². The molecule has 0 saturated heterocycles. The van der Waals surface area contributed by atoms with Crippen molar-refractivity contribution in [3.8, 4) is 0 Å². The first-order valence-corrected chi connectivity index (χ1v) is 5.39. The first kappa shape index (κ1) is 13.0. The van der Waals surface area contributed by atoms with Crippen LogP contribution in [0.1, 0.15) is 12.5 Å². The summed E-state index contributed by atoms with van der Waals surface area (Å²) in [7, 11) is 0. The van der Waals surface area contributed by atoms with Gasteiger partial charge in [0.2, 0.25) is 0 Å². The average Bonchev–Trinajstić information content (AvgIpc) is 2.23. The lowest BCUT2D eigenvalue weighted by molar-refractivity contribution is 0.313. The van der Waals surface area contributed by atoms with Gasteiger partial charge < -0.3 is 5.73 Å². The van der Waals surface area contributed by atoms with E-state index in [1.54, 1.807) is 6.07 Å². The summed E-state index contributed by atoms with van der Waals surface area (Å²) < 4.78 is 26.3. The lowest BCUT2D eigenvalue weighted by Crippen LogP contribution is -2.32. The molecule has 0 spiro atoms. The smallest absolute Gasteiger partial charge is 0.163 e. The maximum absolute atomic E-state index is 13.4. The lowest BCUT2D eigenvalue weighted by atomic mass is 10.2. The third kappa shape index (κ3) is 3.50. The Morgan fingerprint density at radius 1 is 1.44 bits per heavy atom. The molecule has 0 saturated carbocycles. The zero-order valence-electron chi connectivity index (χ0n) is 9.04. The third-order valence-electron chi connectivity index (χ3n) is 2.25. The normalized spacial score (nSPS) is 10.8. The molecule has 5 heteroatoms. The maximum atomic E-state index is 13.4. The molecule has 0 aliphatic carbocycles.